The third-order valence-electron chi connectivity index (χ3n) is 3.20. The van der Waals surface area contributed by atoms with Crippen LogP contribution in [0, 0.1) is 0 Å². The van der Waals surface area contributed by atoms with E-state index in [1.807, 2.05) is 24.3 Å². The van der Waals surface area contributed by atoms with Gasteiger partial charge in [0.2, 0.25) is 0 Å². The number of aromatic nitrogens is 2. The largest absolute Gasteiger partial charge is 0.480 e. The number of benzene rings is 1. The van der Waals surface area contributed by atoms with Crippen molar-refractivity contribution in [3.8, 4) is 0 Å². The number of rotatable bonds is 4. The van der Waals surface area contributed by atoms with Gasteiger partial charge >= 0.3 is 5.97 Å². The van der Waals surface area contributed by atoms with Crippen LogP contribution < -0.4 is 0 Å². The Morgan fingerprint density at radius 3 is 2.62 bits per heavy atom. The normalized spacial score (nSPS) is 14.0. The van der Waals surface area contributed by atoms with E-state index in [2.05, 4.69) is 9.97 Å². The third-order valence-corrected chi connectivity index (χ3v) is 5.62. The molecule has 21 heavy (non-hydrogen) atoms. The van der Waals surface area contributed by atoms with Crippen LogP contribution >= 0.6 is 23.1 Å². The van der Waals surface area contributed by atoms with E-state index >= 15 is 0 Å². The van der Waals surface area contributed by atoms with Crippen molar-refractivity contribution in [1.82, 2.24) is 9.97 Å². The molecule has 3 rings (SSSR count). The second-order valence-electron chi connectivity index (χ2n) is 4.62. The maximum atomic E-state index is 11.8. The van der Waals surface area contributed by atoms with Crippen molar-refractivity contribution in [2.45, 2.75) is 16.0 Å². The van der Waals surface area contributed by atoms with Crippen LogP contribution in [0.1, 0.15) is 12.5 Å². The molecule has 1 atom stereocenters. The monoisotopic (exact) mass is 316 g/mol. The summed E-state index contributed by atoms with van der Waals surface area (Å²) in [6.45, 7) is 1.70. The summed E-state index contributed by atoms with van der Waals surface area (Å²) >= 11 is 2.77. The van der Waals surface area contributed by atoms with Crippen molar-refractivity contribution in [3.63, 3.8) is 0 Å². The highest BCUT2D eigenvalue weighted by molar-refractivity contribution is 8.02. The average molecular weight is 316 g/mol. The molecular formula is C15H12N2O2S2. The van der Waals surface area contributed by atoms with Crippen molar-refractivity contribution >= 4 is 39.3 Å². The molecule has 0 amide bonds. The van der Waals surface area contributed by atoms with Crippen LogP contribution in [0.2, 0.25) is 0 Å². The Kier molecular flexibility index (Phi) is 3.65. The highest BCUT2D eigenvalue weighted by atomic mass is 32.2. The second kappa shape index (κ2) is 5.46. The zero-order valence-corrected chi connectivity index (χ0v) is 12.8. The SMILES string of the molecule is CC(Sc1nc2ccccc2s1)(C(=O)O)c1ccncc1. The molecule has 0 saturated carbocycles. The fraction of sp³-hybridized carbons (Fsp3) is 0.133. The zero-order chi connectivity index (χ0) is 14.9. The maximum absolute atomic E-state index is 11.8. The predicted molar refractivity (Wildman–Crippen MR) is 84.7 cm³/mol. The van der Waals surface area contributed by atoms with Gasteiger partial charge in [-0.15, -0.1) is 11.3 Å². The van der Waals surface area contributed by atoms with Gasteiger partial charge in [0.1, 0.15) is 4.75 Å². The topological polar surface area (TPSA) is 63.1 Å². The molecule has 0 aliphatic heterocycles. The molecular weight excluding hydrogens is 304 g/mol. The number of carbonyl (C=O) groups is 1. The van der Waals surface area contributed by atoms with Crippen molar-refractivity contribution in [1.29, 1.82) is 0 Å². The smallest absolute Gasteiger partial charge is 0.324 e. The molecule has 0 saturated heterocycles. The van der Waals surface area contributed by atoms with Gasteiger partial charge < -0.3 is 5.11 Å². The Hall–Kier alpha value is -1.92. The molecule has 0 aliphatic rings. The van der Waals surface area contributed by atoms with E-state index in [9.17, 15) is 9.90 Å². The third kappa shape index (κ3) is 2.64. The molecule has 0 aliphatic carbocycles. The number of thiazole rings is 1. The minimum Gasteiger partial charge on any atom is -0.480 e. The van der Waals surface area contributed by atoms with Crippen LogP contribution in [0.5, 0.6) is 0 Å². The van der Waals surface area contributed by atoms with Gasteiger partial charge in [-0.1, -0.05) is 23.9 Å². The summed E-state index contributed by atoms with van der Waals surface area (Å²) in [7, 11) is 0. The number of aliphatic carboxylic acids is 1. The van der Waals surface area contributed by atoms with Gasteiger partial charge in [0.25, 0.3) is 0 Å². The van der Waals surface area contributed by atoms with Crippen LogP contribution in [0.15, 0.2) is 53.1 Å². The van der Waals surface area contributed by atoms with E-state index in [1.54, 1.807) is 31.5 Å². The molecule has 0 fully saturated rings. The van der Waals surface area contributed by atoms with Crippen molar-refractivity contribution in [3.05, 3.63) is 54.4 Å². The molecule has 6 heteroatoms. The predicted octanol–water partition coefficient (Wildman–Crippen LogP) is 3.78. The first-order valence-electron chi connectivity index (χ1n) is 6.28. The summed E-state index contributed by atoms with van der Waals surface area (Å²) in [5.41, 5.74) is 1.60. The fourth-order valence-electron chi connectivity index (χ4n) is 1.97. The standard InChI is InChI=1S/C15H12N2O2S2/c1-15(13(18)19,10-6-8-16-9-7-10)21-14-17-11-4-2-3-5-12(11)20-14/h2-9H,1H3,(H,18,19). The molecule has 0 spiro atoms. The van der Waals surface area contributed by atoms with Gasteiger partial charge in [0.15, 0.2) is 4.34 Å². The van der Waals surface area contributed by atoms with Gasteiger partial charge in [0, 0.05) is 12.4 Å². The molecule has 1 unspecified atom stereocenters. The summed E-state index contributed by atoms with van der Waals surface area (Å²) in [5, 5.41) is 9.66. The van der Waals surface area contributed by atoms with Gasteiger partial charge in [-0.2, -0.15) is 0 Å². The number of hydrogen-bond acceptors (Lipinski definition) is 5. The number of hydrogen-bond donors (Lipinski definition) is 1. The number of para-hydroxylation sites is 1. The van der Waals surface area contributed by atoms with Crippen LogP contribution in [0.4, 0.5) is 0 Å². The molecule has 1 N–H and O–H groups in total. The number of carboxylic acids is 1. The summed E-state index contributed by atoms with van der Waals surface area (Å²) in [4.78, 5) is 20.2. The number of nitrogens with zero attached hydrogens (tertiary/aromatic N) is 2. The first kappa shape index (κ1) is 14.0. The lowest BCUT2D eigenvalue weighted by atomic mass is 10.0. The van der Waals surface area contributed by atoms with Gasteiger partial charge in [-0.05, 0) is 36.8 Å². The van der Waals surface area contributed by atoms with Crippen molar-refractivity contribution < 1.29 is 9.90 Å². The molecule has 3 aromatic rings. The number of carboxylic acid groups (broad SMARTS) is 1. The van der Waals surface area contributed by atoms with E-state index in [4.69, 9.17) is 0 Å². The number of thioether (sulfide) groups is 1. The van der Waals surface area contributed by atoms with Gasteiger partial charge in [0.05, 0.1) is 10.2 Å². The average Bonchev–Trinajstić information content (AvgIpc) is 2.89. The fourth-order valence-corrected chi connectivity index (χ4v) is 4.43. The van der Waals surface area contributed by atoms with Crippen LogP contribution in [-0.4, -0.2) is 21.0 Å². The molecule has 0 radical (unpaired) electrons. The van der Waals surface area contributed by atoms with Gasteiger partial charge in [-0.25, -0.2) is 4.98 Å². The molecule has 1 aromatic carbocycles. The maximum Gasteiger partial charge on any atom is 0.324 e. The molecule has 0 bridgehead atoms. The Morgan fingerprint density at radius 2 is 1.95 bits per heavy atom. The van der Waals surface area contributed by atoms with Crippen molar-refractivity contribution in [2.24, 2.45) is 0 Å². The van der Waals surface area contributed by atoms with E-state index < -0.39 is 10.7 Å². The summed E-state index contributed by atoms with van der Waals surface area (Å²) in [6, 6.07) is 11.3. The lowest BCUT2D eigenvalue weighted by Crippen LogP contribution is -2.28. The Labute approximate surface area is 129 Å². The van der Waals surface area contributed by atoms with E-state index in [-0.39, 0.29) is 0 Å². The van der Waals surface area contributed by atoms with Crippen LogP contribution in [0.25, 0.3) is 10.2 Å². The van der Waals surface area contributed by atoms with E-state index in [0.717, 1.165) is 14.6 Å². The van der Waals surface area contributed by atoms with Crippen LogP contribution in [0.3, 0.4) is 0 Å². The highest BCUT2D eigenvalue weighted by Gasteiger charge is 2.37. The number of pyridine rings is 1. The molecule has 4 nitrogen and oxygen atoms in total. The Bertz CT molecular complexity index is 755. The lowest BCUT2D eigenvalue weighted by Gasteiger charge is -2.23. The lowest BCUT2D eigenvalue weighted by molar-refractivity contribution is -0.139. The molecule has 2 aromatic heterocycles. The summed E-state index contributed by atoms with van der Waals surface area (Å²) in [5.74, 6) is -0.891. The van der Waals surface area contributed by atoms with Crippen molar-refractivity contribution in [2.75, 3.05) is 0 Å². The minimum atomic E-state index is -1.09. The quantitative estimate of drug-likeness (QED) is 0.742. The first-order chi connectivity index (χ1) is 10.1. The van der Waals surface area contributed by atoms with E-state index in [0.29, 0.717) is 5.56 Å². The Balaban J connectivity index is 2.01. The highest BCUT2D eigenvalue weighted by Crippen LogP contribution is 2.43. The Morgan fingerprint density at radius 1 is 1.24 bits per heavy atom. The van der Waals surface area contributed by atoms with E-state index in [1.165, 1.54) is 23.1 Å². The van der Waals surface area contributed by atoms with Crippen LogP contribution in [-0.2, 0) is 9.54 Å². The molecule has 106 valence electrons. The molecule has 2 heterocycles. The number of fused-ring (bicyclic) bond motifs is 1. The zero-order valence-electron chi connectivity index (χ0n) is 11.2. The van der Waals surface area contributed by atoms with Gasteiger partial charge in [-0.3, -0.25) is 9.78 Å². The summed E-state index contributed by atoms with van der Waals surface area (Å²) < 4.78 is 0.719. The second-order valence-corrected chi connectivity index (χ2v) is 7.32. The summed E-state index contributed by atoms with van der Waals surface area (Å²) in [6.07, 6.45) is 3.21. The minimum absolute atomic E-state index is 0.703. The first-order valence-corrected chi connectivity index (χ1v) is 7.91.